The first-order chi connectivity index (χ1) is 17.3. The third kappa shape index (κ3) is 4.58. The minimum Gasteiger partial charge on any atom is -0.493 e. The summed E-state index contributed by atoms with van der Waals surface area (Å²) in [5.74, 6) is 4.37. The van der Waals surface area contributed by atoms with Crippen LogP contribution in [0.1, 0.15) is 36.1 Å². The maximum Gasteiger partial charge on any atom is 0.231 e. The van der Waals surface area contributed by atoms with E-state index < -0.39 is 0 Å². The van der Waals surface area contributed by atoms with E-state index in [4.69, 9.17) is 28.9 Å². The van der Waals surface area contributed by atoms with Gasteiger partial charge in [-0.05, 0) is 49.1 Å². The molecule has 0 saturated carbocycles. The van der Waals surface area contributed by atoms with Crippen molar-refractivity contribution in [3.05, 3.63) is 59.3 Å². The topological polar surface area (TPSA) is 69.2 Å². The number of aromatic nitrogens is 2. The molecule has 3 aliphatic heterocycles. The molecule has 0 spiro atoms. The highest BCUT2D eigenvalue weighted by molar-refractivity contribution is 5.47. The van der Waals surface area contributed by atoms with E-state index in [1.165, 1.54) is 24.8 Å². The summed E-state index contributed by atoms with van der Waals surface area (Å²) in [4.78, 5) is 14.6. The molecule has 2 aromatic carbocycles. The van der Waals surface area contributed by atoms with Crippen molar-refractivity contribution in [1.82, 2.24) is 14.9 Å². The van der Waals surface area contributed by atoms with Gasteiger partial charge in [-0.2, -0.15) is 4.98 Å². The van der Waals surface area contributed by atoms with Crippen molar-refractivity contribution < 1.29 is 18.9 Å². The first-order valence-electron chi connectivity index (χ1n) is 12.3. The molecule has 1 aromatic heterocycles. The summed E-state index contributed by atoms with van der Waals surface area (Å²) < 4.78 is 23.0. The number of hydrogen-bond acceptors (Lipinski definition) is 8. The van der Waals surface area contributed by atoms with E-state index in [1.807, 2.05) is 30.3 Å². The average Bonchev–Trinajstić information content (AvgIpc) is 3.38. The number of hydrogen-bond donors (Lipinski definition) is 0. The lowest BCUT2D eigenvalue weighted by molar-refractivity contribution is 0.174. The smallest absolute Gasteiger partial charge is 0.231 e. The number of rotatable bonds is 6. The summed E-state index contributed by atoms with van der Waals surface area (Å²) in [6, 6.07) is 13.9. The lowest BCUT2D eigenvalue weighted by atomic mass is 10.1. The van der Waals surface area contributed by atoms with Crippen LogP contribution in [0.4, 0.5) is 5.95 Å². The van der Waals surface area contributed by atoms with Crippen molar-refractivity contribution >= 4 is 5.95 Å². The van der Waals surface area contributed by atoms with Crippen molar-refractivity contribution in [2.45, 2.75) is 38.8 Å². The number of benzene rings is 2. The Morgan fingerprint density at radius 3 is 2.60 bits per heavy atom. The largest absolute Gasteiger partial charge is 0.493 e. The van der Waals surface area contributed by atoms with Crippen molar-refractivity contribution in [1.29, 1.82) is 0 Å². The van der Waals surface area contributed by atoms with Crippen LogP contribution in [0.3, 0.4) is 0 Å². The maximum absolute atomic E-state index is 6.42. The second-order valence-electron chi connectivity index (χ2n) is 9.20. The quantitative estimate of drug-likeness (QED) is 0.515. The molecule has 3 aliphatic rings. The van der Waals surface area contributed by atoms with Gasteiger partial charge in [0.05, 0.1) is 18.4 Å². The molecule has 0 unspecified atom stereocenters. The molecule has 6 rings (SSSR count). The normalized spacial score (nSPS) is 17.2. The van der Waals surface area contributed by atoms with Crippen molar-refractivity contribution in [2.24, 2.45) is 0 Å². The molecule has 4 heterocycles. The predicted molar refractivity (Wildman–Crippen MR) is 132 cm³/mol. The zero-order valence-corrected chi connectivity index (χ0v) is 20.0. The number of nitrogens with zero attached hydrogens (tertiary/aromatic N) is 4. The number of anilines is 1. The van der Waals surface area contributed by atoms with Gasteiger partial charge in [0.2, 0.25) is 18.6 Å². The molecule has 1 saturated heterocycles. The fraction of sp³-hybridized carbons (Fsp3) is 0.407. The van der Waals surface area contributed by atoms with Gasteiger partial charge in [-0.3, -0.25) is 4.90 Å². The third-order valence-electron chi connectivity index (χ3n) is 6.85. The zero-order valence-electron chi connectivity index (χ0n) is 20.0. The van der Waals surface area contributed by atoms with E-state index in [9.17, 15) is 0 Å². The predicted octanol–water partition coefficient (Wildman–Crippen LogP) is 4.55. The van der Waals surface area contributed by atoms with Gasteiger partial charge in [0.1, 0.15) is 0 Å². The van der Waals surface area contributed by atoms with Gasteiger partial charge in [-0.25, -0.2) is 4.98 Å². The van der Waals surface area contributed by atoms with Gasteiger partial charge >= 0.3 is 0 Å². The van der Waals surface area contributed by atoms with Crippen molar-refractivity contribution in [3.63, 3.8) is 0 Å². The van der Waals surface area contributed by atoms with E-state index in [-0.39, 0.29) is 6.79 Å². The maximum atomic E-state index is 6.42. The standard InChI is InChI=1S/C27H30N4O4/c1-32-22-7-3-4-8-24(22)35-26-20-17-30(16-19-9-10-23-25(15-19)34-18-33-23)14-11-21(20)28-27(29-26)31-12-5-2-6-13-31/h3-4,7-10,15H,2,5-6,11-14,16-18H2,1H3. The summed E-state index contributed by atoms with van der Waals surface area (Å²) in [5.41, 5.74) is 3.31. The molecule has 0 N–H and O–H groups in total. The van der Waals surface area contributed by atoms with Gasteiger partial charge < -0.3 is 23.8 Å². The van der Waals surface area contributed by atoms with Crippen LogP contribution in [0.2, 0.25) is 0 Å². The van der Waals surface area contributed by atoms with Crippen molar-refractivity contribution in [3.8, 4) is 28.9 Å². The first-order valence-corrected chi connectivity index (χ1v) is 12.3. The molecule has 0 aliphatic carbocycles. The lowest BCUT2D eigenvalue weighted by Gasteiger charge is -2.32. The minimum absolute atomic E-state index is 0.288. The second kappa shape index (κ2) is 9.62. The first kappa shape index (κ1) is 22.0. The molecular formula is C27H30N4O4. The molecular weight excluding hydrogens is 444 g/mol. The zero-order chi connectivity index (χ0) is 23.6. The van der Waals surface area contributed by atoms with E-state index >= 15 is 0 Å². The van der Waals surface area contributed by atoms with E-state index in [1.54, 1.807) is 7.11 Å². The number of fused-ring (bicyclic) bond motifs is 2. The van der Waals surface area contributed by atoms with E-state index in [0.717, 1.165) is 61.3 Å². The Labute approximate surface area is 205 Å². The van der Waals surface area contributed by atoms with Gasteiger partial charge in [0.25, 0.3) is 0 Å². The Hall–Kier alpha value is -3.52. The SMILES string of the molecule is COc1ccccc1Oc1nc(N2CCCCC2)nc2c1CN(Cc1ccc3c(c1)OCO3)CC2. The molecule has 35 heavy (non-hydrogen) atoms. The second-order valence-corrected chi connectivity index (χ2v) is 9.20. The highest BCUT2D eigenvalue weighted by Crippen LogP contribution is 2.37. The summed E-state index contributed by atoms with van der Waals surface area (Å²) >= 11 is 0. The monoisotopic (exact) mass is 474 g/mol. The van der Waals surface area contributed by atoms with Crippen LogP contribution in [0.15, 0.2) is 42.5 Å². The number of para-hydroxylation sites is 2. The number of piperidine rings is 1. The lowest BCUT2D eigenvalue weighted by Crippen LogP contribution is -2.34. The molecule has 0 bridgehead atoms. The highest BCUT2D eigenvalue weighted by atomic mass is 16.7. The van der Waals surface area contributed by atoms with Crippen LogP contribution >= 0.6 is 0 Å². The summed E-state index contributed by atoms with van der Waals surface area (Å²) in [5, 5.41) is 0. The molecule has 8 nitrogen and oxygen atoms in total. The van der Waals surface area contributed by atoms with Crippen LogP contribution in [0.5, 0.6) is 28.9 Å². The third-order valence-corrected chi connectivity index (χ3v) is 6.85. The Bertz CT molecular complexity index is 1210. The fourth-order valence-corrected chi connectivity index (χ4v) is 4.99. The molecule has 0 atom stereocenters. The molecule has 0 radical (unpaired) electrons. The molecule has 0 amide bonds. The summed E-state index contributed by atoms with van der Waals surface area (Å²) in [6.45, 7) is 4.71. The number of ether oxygens (including phenoxy) is 4. The molecule has 3 aromatic rings. The van der Waals surface area contributed by atoms with E-state index in [0.29, 0.717) is 23.9 Å². The van der Waals surface area contributed by atoms with Gasteiger partial charge in [0, 0.05) is 39.1 Å². The average molecular weight is 475 g/mol. The summed E-state index contributed by atoms with van der Waals surface area (Å²) in [6.07, 6.45) is 4.46. The van der Waals surface area contributed by atoms with Crippen LogP contribution < -0.4 is 23.8 Å². The van der Waals surface area contributed by atoms with Gasteiger partial charge in [-0.1, -0.05) is 18.2 Å². The van der Waals surface area contributed by atoms with Gasteiger partial charge in [0.15, 0.2) is 23.0 Å². The Morgan fingerprint density at radius 2 is 1.74 bits per heavy atom. The Balaban J connectivity index is 1.30. The number of methoxy groups -OCH3 is 1. The highest BCUT2D eigenvalue weighted by Gasteiger charge is 2.27. The van der Waals surface area contributed by atoms with Crippen LogP contribution in [-0.2, 0) is 19.5 Å². The molecule has 8 heteroatoms. The molecule has 182 valence electrons. The van der Waals surface area contributed by atoms with Crippen LogP contribution in [-0.4, -0.2) is 48.4 Å². The minimum atomic E-state index is 0.288. The molecule has 1 fully saturated rings. The Morgan fingerprint density at radius 1 is 0.914 bits per heavy atom. The fourth-order valence-electron chi connectivity index (χ4n) is 4.99. The van der Waals surface area contributed by atoms with Crippen LogP contribution in [0, 0.1) is 0 Å². The van der Waals surface area contributed by atoms with Crippen molar-refractivity contribution in [2.75, 3.05) is 38.4 Å². The van der Waals surface area contributed by atoms with Gasteiger partial charge in [-0.15, -0.1) is 0 Å². The van der Waals surface area contributed by atoms with E-state index in [2.05, 4.69) is 21.9 Å². The van der Waals surface area contributed by atoms with Crippen LogP contribution in [0.25, 0.3) is 0 Å². The summed E-state index contributed by atoms with van der Waals surface area (Å²) in [7, 11) is 1.66. The Kier molecular flexibility index (Phi) is 6.04.